The van der Waals surface area contributed by atoms with Crippen molar-refractivity contribution in [2.24, 2.45) is 0 Å². The molecule has 0 amide bonds. The summed E-state index contributed by atoms with van der Waals surface area (Å²) in [5.74, 6) is 4.25. The van der Waals surface area contributed by atoms with Crippen molar-refractivity contribution in [2.75, 3.05) is 37.9 Å². The lowest BCUT2D eigenvalue weighted by molar-refractivity contribution is 0.174. The number of ether oxygens (including phenoxy) is 5. The molecule has 0 radical (unpaired) electrons. The van der Waals surface area contributed by atoms with Crippen LogP contribution in [0.2, 0.25) is 0 Å². The number of unbranched alkanes of at least 4 members (excludes halogenated alkanes) is 3. The van der Waals surface area contributed by atoms with Gasteiger partial charge in [0.05, 0.1) is 16.4 Å². The van der Waals surface area contributed by atoms with Crippen LogP contribution in [-0.4, -0.2) is 33.0 Å². The van der Waals surface area contributed by atoms with Crippen molar-refractivity contribution < 1.29 is 23.7 Å². The van der Waals surface area contributed by atoms with E-state index in [1.165, 1.54) is 19.3 Å². The lowest BCUT2D eigenvalue weighted by Gasteiger charge is -2.26. The number of rotatable bonds is 11. The zero-order chi connectivity index (χ0) is 29.7. The van der Waals surface area contributed by atoms with Gasteiger partial charge in [-0.25, -0.2) is 0 Å². The fourth-order valence-electron chi connectivity index (χ4n) is 5.51. The monoisotopic (exact) mass is 625 g/mol. The van der Waals surface area contributed by atoms with Crippen LogP contribution < -0.4 is 28.6 Å². The summed E-state index contributed by atoms with van der Waals surface area (Å²) in [6, 6.07) is 25.7. The molecule has 44 heavy (non-hydrogen) atoms. The molecule has 0 saturated carbocycles. The molecule has 0 bridgehead atoms. The molecule has 0 N–H and O–H groups in total. The zero-order valence-corrected chi connectivity index (χ0v) is 26.4. The van der Waals surface area contributed by atoms with Crippen molar-refractivity contribution in [2.45, 2.75) is 32.6 Å². The summed E-state index contributed by atoms with van der Waals surface area (Å²) in [5, 5.41) is 4.06. The molecule has 0 saturated heterocycles. The molecule has 7 rings (SSSR count). The summed E-state index contributed by atoms with van der Waals surface area (Å²) in [7, 11) is 0. The van der Waals surface area contributed by atoms with Gasteiger partial charge in [0.15, 0.2) is 23.0 Å². The average Bonchev–Trinajstić information content (AvgIpc) is 3.71. The minimum Gasteiger partial charge on any atom is -0.494 e. The van der Waals surface area contributed by atoms with E-state index in [1.807, 2.05) is 10.8 Å². The van der Waals surface area contributed by atoms with E-state index in [-0.39, 0.29) is 0 Å². The van der Waals surface area contributed by atoms with Gasteiger partial charge in [0, 0.05) is 27.8 Å². The third-order valence-electron chi connectivity index (χ3n) is 7.74. The van der Waals surface area contributed by atoms with E-state index in [0.717, 1.165) is 79.7 Å². The Balaban J connectivity index is 1.18. The molecule has 0 spiro atoms. The van der Waals surface area contributed by atoms with Gasteiger partial charge in [0.2, 0.25) is 0 Å². The van der Waals surface area contributed by atoms with Crippen molar-refractivity contribution in [3.8, 4) is 49.6 Å². The van der Waals surface area contributed by atoms with Gasteiger partial charge in [-0.15, -0.1) is 22.7 Å². The van der Waals surface area contributed by atoms with Gasteiger partial charge in [0.25, 0.3) is 0 Å². The van der Waals surface area contributed by atoms with Crippen molar-refractivity contribution >= 4 is 39.7 Å². The summed E-state index contributed by atoms with van der Waals surface area (Å²) >= 11 is 3.30. The first-order valence-electron chi connectivity index (χ1n) is 15.3. The highest BCUT2D eigenvalue weighted by atomic mass is 32.1. The number of anilines is 3. The first-order chi connectivity index (χ1) is 21.8. The van der Waals surface area contributed by atoms with E-state index in [1.54, 1.807) is 22.7 Å². The second kappa shape index (κ2) is 13.2. The molecular weight excluding hydrogens is 591 g/mol. The molecule has 0 unspecified atom stereocenters. The molecule has 226 valence electrons. The molecule has 5 aromatic rings. The van der Waals surface area contributed by atoms with Crippen LogP contribution in [0.1, 0.15) is 32.6 Å². The molecule has 2 aliphatic rings. The Hall–Kier alpha value is -4.14. The van der Waals surface area contributed by atoms with Crippen LogP contribution in [-0.2, 0) is 0 Å². The maximum absolute atomic E-state index is 6.04. The Kier molecular flexibility index (Phi) is 8.61. The van der Waals surface area contributed by atoms with Crippen molar-refractivity contribution in [1.29, 1.82) is 0 Å². The van der Waals surface area contributed by atoms with Crippen LogP contribution >= 0.6 is 22.7 Å². The summed E-state index contributed by atoms with van der Waals surface area (Å²) in [5.41, 5.74) is 5.39. The number of benzene rings is 3. The number of fused-ring (bicyclic) bond motifs is 2. The second-order valence-electron chi connectivity index (χ2n) is 10.7. The molecule has 8 heteroatoms. The van der Waals surface area contributed by atoms with Crippen molar-refractivity contribution in [1.82, 2.24) is 0 Å². The predicted molar refractivity (Wildman–Crippen MR) is 179 cm³/mol. The Morgan fingerprint density at radius 3 is 1.57 bits per heavy atom. The predicted octanol–water partition coefficient (Wildman–Crippen LogP) is 10.1. The maximum Gasteiger partial charge on any atom is 0.179 e. The Bertz CT molecular complexity index is 1580. The van der Waals surface area contributed by atoms with Gasteiger partial charge in [-0.1, -0.05) is 50.5 Å². The van der Waals surface area contributed by atoms with E-state index in [2.05, 4.69) is 84.6 Å². The Morgan fingerprint density at radius 2 is 1.07 bits per heavy atom. The fourth-order valence-corrected chi connectivity index (χ4v) is 7.38. The standard InChI is InChI=1S/C36H35NO5S2/c1-2-3-4-5-18-38-30-16-14-29(15-17-30)37(27-10-6-25(7-11-27)35-33-31(23-43-35)39-19-21-41-33)28-12-8-26(9-13-28)36-34-32(24-44-36)40-20-22-42-34/h6-17,23-24H,2-5,18-22H2,1H3. The van der Waals surface area contributed by atoms with Gasteiger partial charge in [-0.3, -0.25) is 0 Å². The number of thiophene rings is 2. The van der Waals surface area contributed by atoms with Gasteiger partial charge in [0.1, 0.15) is 32.2 Å². The average molecular weight is 626 g/mol. The van der Waals surface area contributed by atoms with Crippen molar-refractivity contribution in [3.63, 3.8) is 0 Å². The van der Waals surface area contributed by atoms with Crippen LogP contribution in [0.3, 0.4) is 0 Å². The highest BCUT2D eigenvalue weighted by Crippen LogP contribution is 2.48. The Morgan fingerprint density at radius 1 is 0.591 bits per heavy atom. The Labute approximate surface area is 266 Å². The van der Waals surface area contributed by atoms with Crippen LogP contribution in [0.4, 0.5) is 17.1 Å². The first kappa shape index (κ1) is 28.6. The minimum atomic E-state index is 0.574. The van der Waals surface area contributed by atoms with E-state index in [9.17, 15) is 0 Å². The van der Waals surface area contributed by atoms with E-state index < -0.39 is 0 Å². The summed E-state index contributed by atoms with van der Waals surface area (Å²) in [4.78, 5) is 4.45. The molecule has 0 aliphatic carbocycles. The largest absolute Gasteiger partial charge is 0.494 e. The third-order valence-corrected chi connectivity index (χ3v) is 9.72. The molecule has 2 aromatic heterocycles. The summed E-state index contributed by atoms with van der Waals surface area (Å²) < 4.78 is 29.5. The molecule has 2 aliphatic heterocycles. The highest BCUT2D eigenvalue weighted by molar-refractivity contribution is 7.14. The molecule has 3 aromatic carbocycles. The highest BCUT2D eigenvalue weighted by Gasteiger charge is 2.22. The number of hydrogen-bond donors (Lipinski definition) is 0. The lowest BCUT2D eigenvalue weighted by Crippen LogP contribution is -2.14. The topological polar surface area (TPSA) is 49.4 Å². The summed E-state index contributed by atoms with van der Waals surface area (Å²) in [6.07, 6.45) is 4.76. The normalized spacial score (nSPS) is 13.5. The zero-order valence-electron chi connectivity index (χ0n) is 24.8. The maximum atomic E-state index is 6.04. The quantitative estimate of drug-likeness (QED) is 0.136. The lowest BCUT2D eigenvalue weighted by atomic mass is 10.1. The first-order valence-corrected chi connectivity index (χ1v) is 17.0. The molecule has 0 atom stereocenters. The molecule has 6 nitrogen and oxygen atoms in total. The fraction of sp³-hybridized carbons (Fsp3) is 0.278. The van der Waals surface area contributed by atoms with Crippen LogP contribution in [0, 0.1) is 0 Å². The number of hydrogen-bond acceptors (Lipinski definition) is 8. The van der Waals surface area contributed by atoms with Crippen LogP contribution in [0.25, 0.3) is 20.9 Å². The van der Waals surface area contributed by atoms with E-state index in [4.69, 9.17) is 23.7 Å². The van der Waals surface area contributed by atoms with Crippen LogP contribution in [0.5, 0.6) is 28.7 Å². The second-order valence-corrected chi connectivity index (χ2v) is 12.5. The van der Waals surface area contributed by atoms with E-state index in [0.29, 0.717) is 26.4 Å². The van der Waals surface area contributed by atoms with Gasteiger partial charge < -0.3 is 28.6 Å². The van der Waals surface area contributed by atoms with E-state index >= 15 is 0 Å². The van der Waals surface area contributed by atoms with Gasteiger partial charge in [-0.2, -0.15) is 0 Å². The van der Waals surface area contributed by atoms with Crippen molar-refractivity contribution in [3.05, 3.63) is 83.6 Å². The SMILES string of the molecule is CCCCCCOc1ccc(N(c2ccc(-c3scc4c3OCCO4)cc2)c2ccc(-c3scc4c3OCCO4)cc2)cc1. The number of nitrogens with zero attached hydrogens (tertiary/aromatic N) is 1. The smallest absolute Gasteiger partial charge is 0.179 e. The molecule has 4 heterocycles. The molecule has 0 fully saturated rings. The van der Waals surface area contributed by atoms with Gasteiger partial charge >= 0.3 is 0 Å². The minimum absolute atomic E-state index is 0.574. The third kappa shape index (κ3) is 5.97. The summed E-state index contributed by atoms with van der Waals surface area (Å²) in [6.45, 7) is 5.30. The molecular formula is C36H35NO5S2. The van der Waals surface area contributed by atoms with Crippen LogP contribution in [0.15, 0.2) is 83.6 Å². The van der Waals surface area contributed by atoms with Gasteiger partial charge in [-0.05, 0) is 66.1 Å².